The molecule has 0 unspecified atom stereocenters. The Labute approximate surface area is 49.9 Å². The summed E-state index contributed by atoms with van der Waals surface area (Å²) in [6.07, 6.45) is -1.40. The van der Waals surface area contributed by atoms with E-state index in [0.29, 0.717) is 0 Å². The first-order chi connectivity index (χ1) is 3.95. The third-order valence-electron chi connectivity index (χ3n) is 0.393. The lowest BCUT2D eigenvalue weighted by Crippen LogP contribution is -2.16. The van der Waals surface area contributed by atoms with Crippen LogP contribution in [0.2, 0.25) is 0 Å². The zero-order valence-corrected chi connectivity index (χ0v) is 5.32. The molecule has 7 heteroatoms. The highest BCUT2D eigenvalue weighted by Gasteiger charge is 2.25. The van der Waals surface area contributed by atoms with Crippen molar-refractivity contribution in [3.63, 3.8) is 0 Å². The Morgan fingerprint density at radius 3 is 2.22 bits per heavy atom. The smallest absolute Gasteiger partial charge is 0.347 e. The SMILES string of the molecule is CNC(=O)OP(=O)(F)F. The number of amides is 1. The highest BCUT2D eigenvalue weighted by atomic mass is 31.2. The fourth-order valence-electron chi connectivity index (χ4n) is 0.142. The Bertz CT molecular complexity index is 154. The third-order valence-corrected chi connectivity index (χ3v) is 0.772. The van der Waals surface area contributed by atoms with Gasteiger partial charge >= 0.3 is 14.1 Å². The molecule has 1 N–H and O–H groups in total. The molecule has 0 aliphatic carbocycles. The monoisotopic (exact) mass is 159 g/mol. The number of carbonyl (C=O) groups is 1. The van der Waals surface area contributed by atoms with E-state index < -0.39 is 14.1 Å². The second kappa shape index (κ2) is 2.77. The minimum Gasteiger partial charge on any atom is -0.347 e. The van der Waals surface area contributed by atoms with Gasteiger partial charge in [-0.05, 0) is 0 Å². The zero-order valence-electron chi connectivity index (χ0n) is 4.43. The van der Waals surface area contributed by atoms with Crippen molar-refractivity contribution in [2.75, 3.05) is 7.05 Å². The first kappa shape index (κ1) is 8.36. The molecule has 54 valence electrons. The van der Waals surface area contributed by atoms with Crippen LogP contribution in [-0.2, 0) is 9.09 Å². The van der Waals surface area contributed by atoms with Crippen molar-refractivity contribution in [1.29, 1.82) is 0 Å². The van der Waals surface area contributed by atoms with Gasteiger partial charge in [-0.3, -0.25) is 0 Å². The molecular formula is C2H4F2NO3P. The van der Waals surface area contributed by atoms with Crippen LogP contribution in [0.5, 0.6) is 0 Å². The van der Waals surface area contributed by atoms with Gasteiger partial charge in [-0.25, -0.2) is 9.36 Å². The molecule has 4 nitrogen and oxygen atoms in total. The second-order valence-electron chi connectivity index (χ2n) is 1.04. The summed E-state index contributed by atoms with van der Waals surface area (Å²) in [6, 6.07) is 0. The molecule has 0 fully saturated rings. The maximum Gasteiger partial charge on any atom is 0.613 e. The van der Waals surface area contributed by atoms with Crippen LogP contribution < -0.4 is 5.32 Å². The van der Waals surface area contributed by atoms with Crippen LogP contribution in [0, 0.1) is 0 Å². The van der Waals surface area contributed by atoms with Gasteiger partial charge in [0.25, 0.3) is 0 Å². The lowest BCUT2D eigenvalue weighted by atomic mass is 11.1. The number of carbonyl (C=O) groups excluding carboxylic acids is 1. The van der Waals surface area contributed by atoms with E-state index in [1.54, 1.807) is 5.32 Å². The predicted molar refractivity (Wildman–Crippen MR) is 25.4 cm³/mol. The molecule has 0 saturated carbocycles. The molecule has 0 aromatic heterocycles. The fraction of sp³-hybridized carbons (Fsp3) is 0.500. The largest absolute Gasteiger partial charge is 0.613 e. The molecule has 0 heterocycles. The Balaban J connectivity index is 3.75. The summed E-state index contributed by atoms with van der Waals surface area (Å²) in [7, 11) is -4.57. The van der Waals surface area contributed by atoms with Gasteiger partial charge in [-0.1, -0.05) is 0 Å². The molecule has 0 bridgehead atoms. The van der Waals surface area contributed by atoms with Gasteiger partial charge < -0.3 is 9.84 Å². The second-order valence-corrected chi connectivity index (χ2v) is 2.05. The number of rotatable bonds is 1. The number of hydrogen-bond donors (Lipinski definition) is 1. The van der Waals surface area contributed by atoms with E-state index >= 15 is 0 Å². The van der Waals surface area contributed by atoms with Gasteiger partial charge in [0.05, 0.1) is 0 Å². The van der Waals surface area contributed by atoms with Crippen molar-refractivity contribution < 1.29 is 22.3 Å². The standard InChI is InChI=1S/C2H4F2NO3P/c1-5-2(6)8-9(3,4)7/h1H3,(H,5,6). The first-order valence-corrected chi connectivity index (χ1v) is 3.27. The summed E-state index contributed by atoms with van der Waals surface area (Å²) in [6.45, 7) is 0. The summed E-state index contributed by atoms with van der Waals surface area (Å²) >= 11 is 0. The van der Waals surface area contributed by atoms with E-state index in [1.807, 2.05) is 0 Å². The highest BCUT2D eigenvalue weighted by Crippen LogP contribution is 2.50. The molecule has 0 saturated heterocycles. The molecule has 0 atom stereocenters. The predicted octanol–water partition coefficient (Wildman–Crippen LogP) is 1.39. The summed E-state index contributed by atoms with van der Waals surface area (Å²) in [4.78, 5) is 9.84. The zero-order chi connectivity index (χ0) is 7.49. The van der Waals surface area contributed by atoms with E-state index in [0.717, 1.165) is 7.05 Å². The first-order valence-electron chi connectivity index (χ1n) is 1.86. The van der Waals surface area contributed by atoms with Crippen molar-refractivity contribution in [3.8, 4) is 0 Å². The molecule has 0 aromatic carbocycles. The average Bonchev–Trinajstić information content (AvgIpc) is 1.62. The molecule has 0 rings (SSSR count). The lowest BCUT2D eigenvalue weighted by molar-refractivity contribution is 0.194. The van der Waals surface area contributed by atoms with Crippen LogP contribution in [0.15, 0.2) is 0 Å². The number of halogens is 2. The Morgan fingerprint density at radius 1 is 1.67 bits per heavy atom. The minimum atomic E-state index is -5.65. The number of nitrogens with one attached hydrogen (secondary N) is 1. The summed E-state index contributed by atoms with van der Waals surface area (Å²) < 4.78 is 34.9. The molecule has 0 spiro atoms. The van der Waals surface area contributed by atoms with Crippen molar-refractivity contribution in [1.82, 2.24) is 5.32 Å². The van der Waals surface area contributed by atoms with E-state index in [2.05, 4.69) is 4.52 Å². The third kappa shape index (κ3) is 5.23. The molecule has 1 amide bonds. The minimum absolute atomic E-state index is 1.08. The van der Waals surface area contributed by atoms with Crippen molar-refractivity contribution in [2.24, 2.45) is 0 Å². The topological polar surface area (TPSA) is 55.4 Å². The lowest BCUT2D eigenvalue weighted by Gasteiger charge is -1.97. The Morgan fingerprint density at radius 2 is 2.11 bits per heavy atom. The number of hydrogen-bond acceptors (Lipinski definition) is 3. The Kier molecular flexibility index (Phi) is 2.58. The fourth-order valence-corrected chi connectivity index (χ4v) is 0.427. The summed E-state index contributed by atoms with van der Waals surface area (Å²) in [5, 5.41) is 1.71. The molecular weight excluding hydrogens is 155 g/mol. The van der Waals surface area contributed by atoms with E-state index in [1.165, 1.54) is 0 Å². The van der Waals surface area contributed by atoms with Crippen LogP contribution in [0.4, 0.5) is 13.2 Å². The molecule has 0 aliphatic rings. The van der Waals surface area contributed by atoms with Crippen LogP contribution in [0.1, 0.15) is 0 Å². The van der Waals surface area contributed by atoms with Gasteiger partial charge in [-0.15, -0.1) is 8.39 Å². The summed E-state index contributed by atoms with van der Waals surface area (Å²) in [5.74, 6) is 0. The van der Waals surface area contributed by atoms with Crippen LogP contribution in [0.25, 0.3) is 0 Å². The van der Waals surface area contributed by atoms with Crippen molar-refractivity contribution in [2.45, 2.75) is 0 Å². The van der Waals surface area contributed by atoms with Crippen LogP contribution in [0.3, 0.4) is 0 Å². The van der Waals surface area contributed by atoms with Gasteiger partial charge in [0.15, 0.2) is 0 Å². The van der Waals surface area contributed by atoms with E-state index in [9.17, 15) is 17.8 Å². The van der Waals surface area contributed by atoms with Crippen molar-refractivity contribution in [3.05, 3.63) is 0 Å². The maximum atomic E-state index is 11.2. The molecule has 0 aliphatic heterocycles. The van der Waals surface area contributed by atoms with Crippen molar-refractivity contribution >= 4 is 14.1 Å². The highest BCUT2D eigenvalue weighted by molar-refractivity contribution is 7.48. The summed E-state index contributed by atoms with van der Waals surface area (Å²) in [5.41, 5.74) is 0. The average molecular weight is 159 g/mol. The van der Waals surface area contributed by atoms with Gasteiger partial charge in [0, 0.05) is 7.05 Å². The van der Waals surface area contributed by atoms with Gasteiger partial charge in [-0.2, -0.15) is 0 Å². The van der Waals surface area contributed by atoms with E-state index in [4.69, 9.17) is 0 Å². The van der Waals surface area contributed by atoms with E-state index in [-0.39, 0.29) is 0 Å². The maximum absolute atomic E-state index is 11.2. The quantitative estimate of drug-likeness (QED) is 0.588. The van der Waals surface area contributed by atoms with Gasteiger partial charge in [0.2, 0.25) is 0 Å². The van der Waals surface area contributed by atoms with Crippen LogP contribution >= 0.6 is 7.99 Å². The Hall–Kier alpha value is -0.640. The van der Waals surface area contributed by atoms with Crippen LogP contribution in [-0.4, -0.2) is 13.1 Å². The molecule has 0 aromatic rings. The molecule has 9 heavy (non-hydrogen) atoms. The molecule has 0 radical (unpaired) electrons. The normalized spacial score (nSPS) is 10.6. The van der Waals surface area contributed by atoms with Gasteiger partial charge in [0.1, 0.15) is 0 Å².